The van der Waals surface area contributed by atoms with Crippen LogP contribution in [-0.4, -0.2) is 61.6 Å². The van der Waals surface area contributed by atoms with Gasteiger partial charge in [-0.1, -0.05) is 6.07 Å². The number of hydrogen-bond acceptors (Lipinski definition) is 11. The van der Waals surface area contributed by atoms with Gasteiger partial charge in [0.25, 0.3) is 0 Å². The van der Waals surface area contributed by atoms with Crippen LogP contribution in [0.15, 0.2) is 57.7 Å². The summed E-state index contributed by atoms with van der Waals surface area (Å²) < 4.78 is 33.8. The largest absolute Gasteiger partial charge is 0.508 e. The van der Waals surface area contributed by atoms with E-state index in [2.05, 4.69) is 0 Å². The third-order valence-corrected chi connectivity index (χ3v) is 6.11. The molecule has 0 saturated carbocycles. The summed E-state index contributed by atoms with van der Waals surface area (Å²) in [6.07, 6.45) is -1.72. The number of ether oxygens (including phenoxy) is 5. The molecule has 0 radical (unpaired) electrons. The lowest BCUT2D eigenvalue weighted by Crippen LogP contribution is -2.30. The fourth-order valence-electron chi connectivity index (χ4n) is 4.25. The SMILES string of the molecule is COc1cc([C@@H](OC)[C@H](CO)Oc2c(OC)cc(-c3cc(=O)c4c(O)cc(O)cc4o3)cc2OC)ccc1O. The number of aliphatic hydroxyl groups is 1. The summed E-state index contributed by atoms with van der Waals surface area (Å²) in [5.74, 6) is 0.155. The first kappa shape index (κ1) is 27.4. The minimum absolute atomic E-state index is 0.0131. The topological polar surface area (TPSA) is 157 Å². The Labute approximate surface area is 222 Å². The Morgan fingerprint density at radius 3 is 2.08 bits per heavy atom. The van der Waals surface area contributed by atoms with E-state index in [-0.39, 0.29) is 51.2 Å². The van der Waals surface area contributed by atoms with Crippen LogP contribution in [0.25, 0.3) is 22.3 Å². The van der Waals surface area contributed by atoms with Crippen molar-refractivity contribution in [3.8, 4) is 51.6 Å². The van der Waals surface area contributed by atoms with Crippen LogP contribution in [-0.2, 0) is 4.74 Å². The first-order chi connectivity index (χ1) is 18.7. The first-order valence-corrected chi connectivity index (χ1v) is 11.7. The number of rotatable bonds is 10. The zero-order valence-corrected chi connectivity index (χ0v) is 21.6. The number of benzene rings is 3. The molecule has 0 aliphatic heterocycles. The van der Waals surface area contributed by atoms with Gasteiger partial charge in [-0.05, 0) is 29.8 Å². The van der Waals surface area contributed by atoms with Crippen LogP contribution in [0.2, 0.25) is 0 Å². The normalized spacial score (nSPS) is 12.6. The van der Waals surface area contributed by atoms with E-state index in [0.717, 1.165) is 6.07 Å². The highest BCUT2D eigenvalue weighted by Gasteiger charge is 2.29. The van der Waals surface area contributed by atoms with Gasteiger partial charge in [-0.15, -0.1) is 0 Å². The number of hydrogen-bond donors (Lipinski definition) is 4. The van der Waals surface area contributed by atoms with Crippen LogP contribution in [0.3, 0.4) is 0 Å². The van der Waals surface area contributed by atoms with Crippen molar-refractivity contribution < 1.29 is 48.5 Å². The fourth-order valence-corrected chi connectivity index (χ4v) is 4.25. The van der Waals surface area contributed by atoms with Crippen LogP contribution in [0, 0.1) is 0 Å². The van der Waals surface area contributed by atoms with Crippen molar-refractivity contribution >= 4 is 11.0 Å². The van der Waals surface area contributed by atoms with Crippen molar-refractivity contribution in [2.45, 2.75) is 12.2 Å². The molecule has 4 aromatic rings. The second-order valence-corrected chi connectivity index (χ2v) is 8.45. The molecule has 0 bridgehead atoms. The molecule has 39 heavy (non-hydrogen) atoms. The molecule has 0 saturated heterocycles. The van der Waals surface area contributed by atoms with Gasteiger partial charge in [-0.25, -0.2) is 0 Å². The van der Waals surface area contributed by atoms with E-state index < -0.39 is 30.0 Å². The van der Waals surface area contributed by atoms with Gasteiger partial charge in [0.15, 0.2) is 34.5 Å². The molecule has 206 valence electrons. The van der Waals surface area contributed by atoms with Gasteiger partial charge in [-0.3, -0.25) is 4.79 Å². The Morgan fingerprint density at radius 1 is 0.821 bits per heavy atom. The molecular formula is C28H28O11. The van der Waals surface area contributed by atoms with Crippen molar-refractivity contribution in [3.05, 3.63) is 64.3 Å². The number of aromatic hydroxyl groups is 3. The van der Waals surface area contributed by atoms with E-state index in [1.807, 2.05) is 0 Å². The number of aliphatic hydroxyl groups excluding tert-OH is 1. The van der Waals surface area contributed by atoms with Crippen molar-refractivity contribution in [2.24, 2.45) is 0 Å². The van der Waals surface area contributed by atoms with Gasteiger partial charge in [0.2, 0.25) is 5.75 Å². The predicted octanol–water partition coefficient (Wildman–Crippen LogP) is 3.73. The lowest BCUT2D eigenvalue weighted by Gasteiger charge is -2.27. The summed E-state index contributed by atoms with van der Waals surface area (Å²) in [7, 11) is 5.68. The molecule has 0 amide bonds. The Hall–Kier alpha value is -4.61. The molecule has 3 aromatic carbocycles. The van der Waals surface area contributed by atoms with E-state index in [4.69, 9.17) is 28.1 Å². The highest BCUT2D eigenvalue weighted by molar-refractivity contribution is 5.86. The van der Waals surface area contributed by atoms with Gasteiger partial charge in [-0.2, -0.15) is 0 Å². The van der Waals surface area contributed by atoms with Gasteiger partial charge in [0.1, 0.15) is 34.3 Å². The molecule has 2 atom stereocenters. The Morgan fingerprint density at radius 2 is 1.49 bits per heavy atom. The highest BCUT2D eigenvalue weighted by Crippen LogP contribution is 2.44. The van der Waals surface area contributed by atoms with Gasteiger partial charge < -0.3 is 48.5 Å². The van der Waals surface area contributed by atoms with Crippen LogP contribution >= 0.6 is 0 Å². The molecule has 0 aliphatic rings. The van der Waals surface area contributed by atoms with Crippen molar-refractivity contribution in [2.75, 3.05) is 35.0 Å². The molecule has 0 aliphatic carbocycles. The minimum Gasteiger partial charge on any atom is -0.508 e. The summed E-state index contributed by atoms with van der Waals surface area (Å²) in [5, 5.41) is 40.0. The van der Waals surface area contributed by atoms with E-state index in [1.165, 1.54) is 46.6 Å². The van der Waals surface area contributed by atoms with Crippen LogP contribution < -0.4 is 24.4 Å². The van der Waals surface area contributed by atoms with Crippen LogP contribution in [0.4, 0.5) is 0 Å². The summed E-state index contributed by atoms with van der Waals surface area (Å²) in [6.45, 7) is -0.456. The smallest absolute Gasteiger partial charge is 0.204 e. The number of phenolic OH excluding ortho intramolecular Hbond substituents is 3. The molecule has 0 spiro atoms. The molecule has 11 heteroatoms. The van der Waals surface area contributed by atoms with E-state index in [1.54, 1.807) is 24.3 Å². The molecule has 0 fully saturated rings. The number of methoxy groups -OCH3 is 4. The number of fused-ring (bicyclic) bond motifs is 1. The lowest BCUT2D eigenvalue weighted by atomic mass is 10.0. The summed E-state index contributed by atoms with van der Waals surface area (Å²) in [5.41, 5.74) is 0.422. The zero-order valence-electron chi connectivity index (χ0n) is 21.6. The molecule has 0 unspecified atom stereocenters. The number of phenols is 3. The maximum atomic E-state index is 12.7. The molecular weight excluding hydrogens is 512 g/mol. The summed E-state index contributed by atoms with van der Waals surface area (Å²) in [6, 6.07) is 11.2. The van der Waals surface area contributed by atoms with E-state index >= 15 is 0 Å². The average Bonchev–Trinajstić information content (AvgIpc) is 2.92. The molecule has 4 rings (SSSR count). The van der Waals surface area contributed by atoms with Crippen molar-refractivity contribution in [1.29, 1.82) is 0 Å². The van der Waals surface area contributed by atoms with Gasteiger partial charge in [0.05, 0.1) is 27.9 Å². The summed E-state index contributed by atoms with van der Waals surface area (Å²) >= 11 is 0. The standard InChI is InChI=1S/C28H28O11/c1-34-21-7-14(5-6-17(21)31)27(37-4)25(13-29)39-28-23(35-2)8-15(9-24(28)36-3)20-12-19(33)26-18(32)10-16(30)11-22(26)38-20/h5-12,25,27,29-32H,13H2,1-4H3/t25-,27+/m0/s1. The lowest BCUT2D eigenvalue weighted by molar-refractivity contribution is -0.0273. The third-order valence-electron chi connectivity index (χ3n) is 6.11. The van der Waals surface area contributed by atoms with Gasteiger partial charge in [0, 0.05) is 30.9 Å². The average molecular weight is 541 g/mol. The van der Waals surface area contributed by atoms with Gasteiger partial charge >= 0.3 is 0 Å². The maximum absolute atomic E-state index is 12.7. The Bertz CT molecular complexity index is 1520. The minimum atomic E-state index is -0.942. The Balaban J connectivity index is 1.76. The van der Waals surface area contributed by atoms with Crippen LogP contribution in [0.1, 0.15) is 11.7 Å². The van der Waals surface area contributed by atoms with E-state index in [0.29, 0.717) is 11.1 Å². The fraction of sp³-hybridized carbons (Fsp3) is 0.250. The maximum Gasteiger partial charge on any atom is 0.204 e. The monoisotopic (exact) mass is 540 g/mol. The highest BCUT2D eigenvalue weighted by atomic mass is 16.6. The molecule has 11 nitrogen and oxygen atoms in total. The first-order valence-electron chi connectivity index (χ1n) is 11.7. The van der Waals surface area contributed by atoms with Crippen LogP contribution in [0.5, 0.6) is 40.2 Å². The third kappa shape index (κ3) is 5.35. The molecule has 4 N–H and O–H groups in total. The zero-order chi connectivity index (χ0) is 28.3. The van der Waals surface area contributed by atoms with E-state index in [9.17, 15) is 25.2 Å². The van der Waals surface area contributed by atoms with Crippen molar-refractivity contribution in [3.63, 3.8) is 0 Å². The molecule has 1 heterocycles. The predicted molar refractivity (Wildman–Crippen MR) is 140 cm³/mol. The summed E-state index contributed by atoms with van der Waals surface area (Å²) in [4.78, 5) is 12.7. The quantitative estimate of drug-likeness (QED) is 0.232. The second-order valence-electron chi connectivity index (χ2n) is 8.45. The Kier molecular flexibility index (Phi) is 8.03. The van der Waals surface area contributed by atoms with Crippen molar-refractivity contribution in [1.82, 2.24) is 0 Å². The second kappa shape index (κ2) is 11.4. The molecule has 1 aromatic heterocycles.